The minimum absolute atomic E-state index is 0.0159. The number of aliphatic carboxylic acids is 1. The number of benzene rings is 2. The van der Waals surface area contributed by atoms with Gasteiger partial charge in [-0.15, -0.1) is 11.3 Å². The summed E-state index contributed by atoms with van der Waals surface area (Å²) in [6.45, 7) is 2.30. The second-order valence-electron chi connectivity index (χ2n) is 9.73. The number of nitrogens with one attached hydrogen (secondary N) is 3. The number of ether oxygens (including phenoxy) is 1. The summed E-state index contributed by atoms with van der Waals surface area (Å²) in [5.41, 5.74) is 2.58. The number of thiophene rings is 1. The molecule has 15 heteroatoms. The Bertz CT molecular complexity index is 1600. The number of hydrogen-bond acceptors (Lipinski definition) is 8. The van der Waals surface area contributed by atoms with Crippen molar-refractivity contribution in [3.05, 3.63) is 63.4 Å². The second kappa shape index (κ2) is 14.2. The van der Waals surface area contributed by atoms with E-state index in [1.807, 2.05) is 24.3 Å². The van der Waals surface area contributed by atoms with Crippen molar-refractivity contribution in [2.75, 3.05) is 36.9 Å². The van der Waals surface area contributed by atoms with Gasteiger partial charge in [-0.25, -0.2) is 27.1 Å². The number of nitrogens with zero attached hydrogens (tertiary/aromatic N) is 1. The minimum Gasteiger partial charge on any atom is -0.479 e. The molecule has 12 nitrogen and oxygen atoms in total. The van der Waals surface area contributed by atoms with Gasteiger partial charge < -0.3 is 30.9 Å². The number of anilines is 2. The molecule has 0 atom stereocenters. The van der Waals surface area contributed by atoms with Gasteiger partial charge in [0.1, 0.15) is 0 Å². The van der Waals surface area contributed by atoms with E-state index in [1.165, 1.54) is 4.31 Å². The monoisotopic (exact) mass is 694 g/mol. The molecule has 0 spiro atoms. The largest absolute Gasteiger partial charge is 0.479 e. The van der Waals surface area contributed by atoms with Gasteiger partial charge in [-0.3, -0.25) is 0 Å². The van der Waals surface area contributed by atoms with Crippen LogP contribution < -0.4 is 20.7 Å². The van der Waals surface area contributed by atoms with Crippen LogP contribution in [0.4, 0.5) is 16.2 Å². The van der Waals surface area contributed by atoms with Gasteiger partial charge in [-0.2, -0.15) is 0 Å². The Morgan fingerprint density at radius 3 is 2.44 bits per heavy atom. The summed E-state index contributed by atoms with van der Waals surface area (Å²) in [6, 6.07) is 13.8. The zero-order valence-electron chi connectivity index (χ0n) is 23.1. The maximum Gasteiger partial charge on any atom is 0.349 e. The highest BCUT2D eigenvalue weighted by molar-refractivity contribution is 9.10. The lowest BCUT2D eigenvalue weighted by Crippen LogP contribution is -2.42. The molecule has 0 aliphatic carbocycles. The number of carboxylic acid groups (broad SMARTS) is 2. The van der Waals surface area contributed by atoms with Gasteiger partial charge in [-0.1, -0.05) is 24.3 Å². The van der Waals surface area contributed by atoms with Crippen molar-refractivity contribution < 1.29 is 37.8 Å². The van der Waals surface area contributed by atoms with E-state index < -0.39 is 28.6 Å². The zero-order chi connectivity index (χ0) is 31.1. The quantitative estimate of drug-likeness (QED) is 0.177. The third-order valence-corrected chi connectivity index (χ3v) is 10.6. The molecule has 2 heterocycles. The lowest BCUT2D eigenvalue weighted by Gasteiger charge is -2.32. The molecule has 230 valence electrons. The van der Waals surface area contributed by atoms with E-state index in [2.05, 4.69) is 31.9 Å². The summed E-state index contributed by atoms with van der Waals surface area (Å²) in [5, 5.41) is 27.3. The molecule has 1 aliphatic heterocycles. The van der Waals surface area contributed by atoms with Gasteiger partial charge in [0.05, 0.1) is 15.1 Å². The normalized spacial score (nSPS) is 14.2. The van der Waals surface area contributed by atoms with Gasteiger partial charge in [-0.05, 0) is 71.1 Å². The van der Waals surface area contributed by atoms with Crippen molar-refractivity contribution in [1.29, 1.82) is 0 Å². The first-order valence-corrected chi connectivity index (χ1v) is 16.6. The third kappa shape index (κ3) is 8.46. The van der Waals surface area contributed by atoms with E-state index in [-0.39, 0.29) is 28.5 Å². The Kier molecular flexibility index (Phi) is 10.7. The van der Waals surface area contributed by atoms with Crippen LogP contribution in [0.25, 0.3) is 10.4 Å². The minimum atomic E-state index is -3.58. The number of carbonyl (C=O) groups is 3. The molecule has 0 radical (unpaired) electrons. The smallest absolute Gasteiger partial charge is 0.349 e. The SMILES string of the molecule is CCNC(=O)Nc1cccc(CS(=O)(=O)N2CCC(Nc3cccc(-c4sc(C(=O)O)c(OCC(=O)O)c4Br)c3)CC2)c1. The summed E-state index contributed by atoms with van der Waals surface area (Å²) < 4.78 is 33.4. The third-order valence-electron chi connectivity index (χ3n) is 6.56. The molecule has 1 fully saturated rings. The first-order chi connectivity index (χ1) is 20.5. The van der Waals surface area contributed by atoms with E-state index in [1.54, 1.807) is 31.2 Å². The maximum atomic E-state index is 13.2. The number of rotatable bonds is 12. The van der Waals surface area contributed by atoms with Crippen molar-refractivity contribution in [3.63, 3.8) is 0 Å². The maximum absolute atomic E-state index is 13.2. The fraction of sp³-hybridized carbons (Fsp3) is 0.321. The summed E-state index contributed by atoms with van der Waals surface area (Å²) in [5.74, 6) is -2.66. The molecule has 1 aliphatic rings. The molecule has 2 amide bonds. The number of carbonyl (C=O) groups excluding carboxylic acids is 1. The molecular formula is C28H31BrN4O8S2. The number of sulfonamides is 1. The van der Waals surface area contributed by atoms with Crippen LogP contribution in [-0.4, -0.2) is 73.2 Å². The Morgan fingerprint density at radius 2 is 1.77 bits per heavy atom. The van der Waals surface area contributed by atoms with Gasteiger partial charge in [0.25, 0.3) is 0 Å². The first-order valence-electron chi connectivity index (χ1n) is 13.4. The lowest BCUT2D eigenvalue weighted by atomic mass is 10.1. The number of amides is 2. The van der Waals surface area contributed by atoms with Crippen molar-refractivity contribution in [2.24, 2.45) is 0 Å². The Hall–Kier alpha value is -3.66. The first kappa shape index (κ1) is 32.3. The average Bonchev–Trinajstić information content (AvgIpc) is 3.28. The predicted molar refractivity (Wildman–Crippen MR) is 168 cm³/mol. The number of urea groups is 1. The van der Waals surface area contributed by atoms with Crippen molar-refractivity contribution >= 4 is 66.6 Å². The van der Waals surface area contributed by atoms with Gasteiger partial charge in [0.15, 0.2) is 17.2 Å². The standard InChI is InChI=1S/C28H31BrN4O8S2/c1-2-30-28(38)32-20-7-3-5-17(13-20)16-43(39,40)33-11-9-19(10-12-33)31-21-8-4-6-18(14-21)25-23(29)24(41-15-22(34)35)26(42-25)27(36)37/h3-8,13-14,19,31H,2,9-12,15-16H2,1H3,(H,34,35)(H,36,37)(H2,30,32,38). The van der Waals surface area contributed by atoms with E-state index in [0.717, 1.165) is 17.0 Å². The lowest BCUT2D eigenvalue weighted by molar-refractivity contribution is -0.139. The summed E-state index contributed by atoms with van der Waals surface area (Å²) in [7, 11) is -3.58. The van der Waals surface area contributed by atoms with Gasteiger partial charge >= 0.3 is 18.0 Å². The summed E-state index contributed by atoms with van der Waals surface area (Å²) in [4.78, 5) is 35.0. The van der Waals surface area contributed by atoms with Crippen molar-refractivity contribution in [2.45, 2.75) is 31.6 Å². The molecule has 0 saturated carbocycles. The van der Waals surface area contributed by atoms with Crippen molar-refractivity contribution in [1.82, 2.24) is 9.62 Å². The fourth-order valence-corrected chi connectivity index (χ4v) is 8.06. The van der Waals surface area contributed by atoms with E-state index in [4.69, 9.17) is 9.84 Å². The average molecular weight is 696 g/mol. The molecule has 0 unspecified atom stereocenters. The molecule has 4 rings (SSSR count). The van der Waals surface area contributed by atoms with Crippen LogP contribution in [0.5, 0.6) is 5.75 Å². The highest BCUT2D eigenvalue weighted by Gasteiger charge is 2.29. The van der Waals surface area contributed by atoms with Crippen LogP contribution in [-0.2, 0) is 20.6 Å². The summed E-state index contributed by atoms with van der Waals surface area (Å²) >= 11 is 4.35. The topological polar surface area (TPSA) is 174 Å². The molecular weight excluding hydrogens is 664 g/mol. The zero-order valence-corrected chi connectivity index (χ0v) is 26.4. The Morgan fingerprint density at radius 1 is 1.07 bits per heavy atom. The Labute approximate surface area is 261 Å². The predicted octanol–water partition coefficient (Wildman–Crippen LogP) is 4.89. The highest BCUT2D eigenvalue weighted by Crippen LogP contribution is 2.46. The van der Waals surface area contributed by atoms with Crippen LogP contribution >= 0.6 is 27.3 Å². The van der Waals surface area contributed by atoms with Gasteiger partial charge in [0.2, 0.25) is 10.0 Å². The van der Waals surface area contributed by atoms with E-state index >= 15 is 0 Å². The molecule has 1 saturated heterocycles. The van der Waals surface area contributed by atoms with Crippen molar-refractivity contribution in [3.8, 4) is 16.2 Å². The van der Waals surface area contributed by atoms with Crippen LogP contribution in [0, 0.1) is 0 Å². The number of hydrogen-bond donors (Lipinski definition) is 5. The fourth-order valence-electron chi connectivity index (χ4n) is 4.63. The van der Waals surface area contributed by atoms with Crippen LogP contribution in [0.15, 0.2) is 53.0 Å². The van der Waals surface area contributed by atoms with Crippen LogP contribution in [0.1, 0.15) is 35.0 Å². The number of piperidine rings is 1. The molecule has 3 aromatic rings. The number of aromatic carboxylic acids is 1. The number of halogens is 1. The Balaban J connectivity index is 1.38. The molecule has 0 bridgehead atoms. The second-order valence-corrected chi connectivity index (χ2v) is 13.5. The van der Waals surface area contributed by atoms with Crippen LogP contribution in [0.2, 0.25) is 0 Å². The molecule has 1 aromatic heterocycles. The van der Waals surface area contributed by atoms with E-state index in [9.17, 15) is 27.9 Å². The number of carboxylic acids is 2. The highest BCUT2D eigenvalue weighted by atomic mass is 79.9. The van der Waals surface area contributed by atoms with Gasteiger partial charge in [0, 0.05) is 37.1 Å². The molecule has 2 aromatic carbocycles. The summed E-state index contributed by atoms with van der Waals surface area (Å²) in [6.07, 6.45) is 1.17. The van der Waals surface area contributed by atoms with E-state index in [0.29, 0.717) is 58.6 Å². The molecule has 5 N–H and O–H groups in total. The molecule has 43 heavy (non-hydrogen) atoms. The van der Waals surface area contributed by atoms with Crippen LogP contribution in [0.3, 0.4) is 0 Å².